The summed E-state index contributed by atoms with van der Waals surface area (Å²) in [7, 11) is -18.2. The van der Waals surface area contributed by atoms with Crippen LogP contribution in [0, 0.1) is 0 Å². The first-order chi connectivity index (χ1) is 49.0. The Bertz CT molecular complexity index is 2810. The molecule has 2 aliphatic rings. The number of aliphatic hydroxyl groups is 4. The molecule has 0 saturated carbocycles. The Kier molecular flexibility index (Phi) is 53.1. The van der Waals surface area contributed by atoms with Crippen LogP contribution >= 0.6 is 30.9 Å². The molecule has 31 nitrogen and oxygen atoms in total. The van der Waals surface area contributed by atoms with Crippen molar-refractivity contribution >= 4 is 55.5 Å². The van der Waals surface area contributed by atoms with Crippen molar-refractivity contribution in [2.45, 2.75) is 286 Å². The minimum absolute atomic E-state index is 0.0139. The average molecular weight is 1550 g/mol. The summed E-state index contributed by atoms with van der Waals surface area (Å²) in [6.07, 6.45) is 22.0. The van der Waals surface area contributed by atoms with Crippen LogP contribution in [0.1, 0.15) is 250 Å². The Hall–Kier alpha value is -2.71. The van der Waals surface area contributed by atoms with Gasteiger partial charge in [0, 0.05) is 12.3 Å². The number of rotatable bonds is 50. The number of hydrogen-bond acceptors (Lipinski definition) is 25. The number of aromatic amines is 1. The zero-order chi connectivity index (χ0) is 77.4. The van der Waals surface area contributed by atoms with Gasteiger partial charge >= 0.3 is 29.2 Å². The molecule has 0 aliphatic carbocycles. The lowest BCUT2D eigenvalue weighted by atomic mass is 10.1. The van der Waals surface area contributed by atoms with Crippen molar-refractivity contribution < 1.29 is 84.8 Å². The second-order valence-electron chi connectivity index (χ2n) is 26.1. The monoisotopic (exact) mass is 1550 g/mol. The van der Waals surface area contributed by atoms with Crippen LogP contribution in [0.2, 0.25) is 0 Å². The van der Waals surface area contributed by atoms with Crippen LogP contribution in [0.15, 0.2) is 34.5 Å². The molecule has 5 rings (SSSR count). The van der Waals surface area contributed by atoms with Crippen molar-refractivity contribution in [1.82, 2.24) is 48.7 Å². The van der Waals surface area contributed by atoms with Gasteiger partial charge in [0.25, 0.3) is 13.0 Å². The van der Waals surface area contributed by atoms with Crippen LogP contribution in [0.4, 0.5) is 5.82 Å². The van der Waals surface area contributed by atoms with Crippen LogP contribution in [-0.4, -0.2) is 220 Å². The third kappa shape index (κ3) is 41.1. The van der Waals surface area contributed by atoms with E-state index in [1.807, 2.05) is 4.98 Å². The third-order valence-electron chi connectivity index (χ3n) is 16.8. The summed E-state index contributed by atoms with van der Waals surface area (Å²) < 4.78 is 83.1. The van der Waals surface area contributed by atoms with Gasteiger partial charge in [-0.3, -0.25) is 32.5 Å². The molecule has 2 aliphatic heterocycles. The number of phosphoric acid groups is 3. The maximum Gasteiger partial charge on any atom is 0.487 e. The molecule has 3 aromatic rings. The molecule has 10 N–H and O–H groups in total. The first-order valence-corrected chi connectivity index (χ1v) is 44.0. The molecule has 5 heterocycles. The lowest BCUT2D eigenvalue weighted by Crippen LogP contribution is -2.37. The molecule has 0 spiro atoms. The van der Waals surface area contributed by atoms with Crippen LogP contribution in [0.5, 0.6) is 0 Å². The number of aliphatic hydroxyl groups excluding tert-OH is 4. The SMILES string of the molecule is CCCCN(CCCC)CCCC.CCCCN(CCCC)CCCC.CCCCN(CCCC)CCCC.CCCCN(CCCC)CCCC.[B]P(=O)(OP(=O)(O)OC[C@H]1O[C@@H](n2ccc(=O)[nH]c2=O)[C@H](O)[C@@H]1O)OP(=O)(O)OP(=O)(O)OC[C@H]1O[C@@H](n2cnc3c(N)ncnc32)[C@H](O)[C@@H]1O. The van der Waals surface area contributed by atoms with Gasteiger partial charge in [-0.1, -0.05) is 160 Å². The third-order valence-corrected chi connectivity index (χ3v) is 22.9. The van der Waals surface area contributed by atoms with Crippen LogP contribution in [-0.2, 0) is 49.7 Å². The highest BCUT2D eigenvalue weighted by Crippen LogP contribution is 2.71. The largest absolute Gasteiger partial charge is 0.487 e. The molecule has 2 fully saturated rings. The summed E-state index contributed by atoms with van der Waals surface area (Å²) in [5.41, 5.74) is 4.08. The second-order valence-corrected chi connectivity index (χ2v) is 32.5. The van der Waals surface area contributed by atoms with E-state index < -0.39 is 104 Å². The number of unbranched alkanes of at least 4 members (excludes halogenated alkanes) is 12. The zero-order valence-corrected chi connectivity index (χ0v) is 67.8. The highest BCUT2D eigenvalue weighted by molar-refractivity contribution is 7.87. The number of nitrogens with zero attached hydrogens (tertiary/aromatic N) is 9. The predicted molar refractivity (Wildman–Crippen MR) is 406 cm³/mol. The highest BCUT2D eigenvalue weighted by atomic mass is 31.3. The predicted octanol–water partition coefficient (Wildman–Crippen LogP) is 11.6. The smallest absolute Gasteiger partial charge is 0.387 e. The van der Waals surface area contributed by atoms with E-state index >= 15 is 0 Å². The minimum Gasteiger partial charge on any atom is -0.387 e. The summed E-state index contributed by atoms with van der Waals surface area (Å²) in [5.74, 6) is -0.0139. The lowest BCUT2D eigenvalue weighted by Gasteiger charge is -2.23. The molecule has 2 radical (unpaired) electrons. The van der Waals surface area contributed by atoms with Gasteiger partial charge in [0.1, 0.15) is 48.5 Å². The van der Waals surface area contributed by atoms with E-state index in [-0.39, 0.29) is 17.0 Å². The Labute approximate surface area is 615 Å². The first-order valence-electron chi connectivity index (χ1n) is 37.9. The van der Waals surface area contributed by atoms with Crippen molar-refractivity contribution in [2.75, 3.05) is 97.5 Å². The molecule has 36 heteroatoms. The molecule has 4 unspecified atom stereocenters. The second kappa shape index (κ2) is 55.7. The molecule has 0 bridgehead atoms. The number of anilines is 1. The maximum absolute atomic E-state index is 12.5. The summed E-state index contributed by atoms with van der Waals surface area (Å²) in [5, 5.41) is 41.3. The van der Waals surface area contributed by atoms with Gasteiger partial charge in [-0.15, -0.1) is 0 Å². The lowest BCUT2D eigenvalue weighted by molar-refractivity contribution is -0.0540. The number of imidazole rings is 1. The van der Waals surface area contributed by atoms with E-state index in [0.717, 1.165) is 29.5 Å². The summed E-state index contributed by atoms with van der Waals surface area (Å²) >= 11 is 0. The number of H-pyrrole nitrogens is 1. The summed E-state index contributed by atoms with van der Waals surface area (Å²) in [6, 6.07) is 0.890. The quantitative estimate of drug-likeness (QED) is 0.0187. The van der Waals surface area contributed by atoms with Crippen molar-refractivity contribution in [3.63, 3.8) is 0 Å². The number of nitrogens with two attached hydrogens (primary N) is 1. The molecule has 600 valence electrons. The van der Waals surface area contributed by atoms with Gasteiger partial charge < -0.3 is 69.9 Å². The normalized spacial score (nSPS) is 21.2. The van der Waals surface area contributed by atoms with Crippen molar-refractivity contribution in [3.05, 3.63) is 45.8 Å². The van der Waals surface area contributed by atoms with Gasteiger partial charge in [0.05, 0.1) is 19.5 Å². The minimum atomic E-state index is -6.09. The van der Waals surface area contributed by atoms with Crippen LogP contribution in [0.3, 0.4) is 0 Å². The molecule has 103 heavy (non-hydrogen) atoms. The molecule has 2 saturated heterocycles. The van der Waals surface area contributed by atoms with Crippen molar-refractivity contribution in [1.29, 1.82) is 0 Å². The first kappa shape index (κ1) is 98.3. The van der Waals surface area contributed by atoms with Gasteiger partial charge in [-0.2, -0.15) is 4.31 Å². The fourth-order valence-electron chi connectivity index (χ4n) is 10.6. The van der Waals surface area contributed by atoms with E-state index in [0.29, 0.717) is 4.57 Å². The van der Waals surface area contributed by atoms with E-state index in [9.17, 15) is 63.0 Å². The van der Waals surface area contributed by atoms with E-state index in [1.165, 1.54) is 233 Å². The average Bonchev–Trinajstić information content (AvgIpc) is 1.64. The van der Waals surface area contributed by atoms with Crippen LogP contribution in [0.25, 0.3) is 11.2 Å². The Morgan fingerprint density at radius 2 is 0.767 bits per heavy atom. The van der Waals surface area contributed by atoms with Crippen molar-refractivity contribution in [2.24, 2.45) is 0 Å². The number of phosphoric ester groups is 2. The van der Waals surface area contributed by atoms with E-state index in [1.54, 1.807) is 0 Å². The topological polar surface area (TPSA) is 412 Å². The standard InChI is InChI=1S/C19H26BN7O20P4.4C12H27N/c20-48(34,45-49(35,36)41-3-7-11(29)13(31)17(43-7)26-2-1-9(28)25-19(26)33)46-51(39,40)47-50(37,38)42-4-8-12(30)14(32)18(44-8)27-6-24-10-15(21)22-5-23-16(10)27;4*1-4-7-10-13(11-8-5-2)12-9-6-3/h1-2,5-8,11-14,17-18,29-32H,3-4H2,(H,35,36)(H,37,38)(H,39,40)(H2,21,22,23)(H,25,28,33);4*4-12H2,1-3H3/t7-,8-,11-,12-,13-,14-,17-,18-,48?;;;;/m1..../s1. The van der Waals surface area contributed by atoms with Crippen molar-refractivity contribution in [3.8, 4) is 0 Å². The van der Waals surface area contributed by atoms with Crippen LogP contribution < -0.4 is 17.0 Å². The number of ether oxygens (including phenoxy) is 2. The fourth-order valence-corrected chi connectivity index (χ4v) is 15.8. The van der Waals surface area contributed by atoms with Gasteiger partial charge in [-0.05, 0) is 156 Å². The van der Waals surface area contributed by atoms with Gasteiger partial charge in [0.15, 0.2) is 23.9 Å². The molecular formula is C67H134BN11O20P4. The molecule has 0 amide bonds. The molecule has 0 aromatic carbocycles. The maximum atomic E-state index is 12.5. The number of nitrogens with one attached hydrogen (secondary N) is 1. The summed E-state index contributed by atoms with van der Waals surface area (Å²) in [4.78, 5) is 77.1. The summed E-state index contributed by atoms with van der Waals surface area (Å²) in [6.45, 7) is 40.9. The molecule has 3 aromatic heterocycles. The molecule has 12 atom stereocenters. The Balaban J connectivity index is 0.000000819. The number of nitrogen functional groups attached to an aromatic ring is 1. The Morgan fingerprint density at radius 3 is 1.08 bits per heavy atom. The number of fused-ring (bicyclic) bond motifs is 1. The number of hydrogen-bond donors (Lipinski definition) is 9. The highest BCUT2D eigenvalue weighted by Gasteiger charge is 2.49. The van der Waals surface area contributed by atoms with Gasteiger partial charge in [-0.25, -0.2) is 42.1 Å². The number of aromatic nitrogens is 6. The van der Waals surface area contributed by atoms with E-state index in [4.69, 9.17) is 22.8 Å². The zero-order valence-electron chi connectivity index (χ0n) is 64.2. The molecular weight excluding hydrogens is 1410 g/mol. The Morgan fingerprint density at radius 1 is 0.466 bits per heavy atom. The van der Waals surface area contributed by atoms with E-state index in [2.05, 4.69) is 140 Å². The van der Waals surface area contributed by atoms with Gasteiger partial charge in [0.2, 0.25) is 7.57 Å². The fraction of sp³-hybridized carbons (Fsp3) is 0.866.